The van der Waals surface area contributed by atoms with Crippen LogP contribution in [-0.2, 0) is 9.59 Å². The van der Waals surface area contributed by atoms with E-state index in [0.717, 1.165) is 44.9 Å². The van der Waals surface area contributed by atoms with Crippen molar-refractivity contribution in [2.24, 2.45) is 0 Å². The van der Waals surface area contributed by atoms with Gasteiger partial charge < -0.3 is 21.3 Å². The maximum atomic E-state index is 12.7. The van der Waals surface area contributed by atoms with Crippen LogP contribution in [0.15, 0.2) is 42.5 Å². The van der Waals surface area contributed by atoms with Crippen LogP contribution in [0.5, 0.6) is 0 Å². The Kier molecular flexibility index (Phi) is 10.4. The lowest BCUT2D eigenvalue weighted by Gasteiger charge is -2.23. The minimum absolute atomic E-state index is 0.0128. The standard InChI is InChI=1S/C27H35ClN4O3/c1-2-3-5-13-25(33)30-21-11-8-12-22(16-21)31-26(34)18-29-20-14-15-24(28)23(17-20)27(35)32-19-9-6-4-7-10-19/h8,11-12,14-17,19,29H,2-7,9-10,13,18H2,1H3,(H,30,33)(H,31,34)(H,32,35). The molecule has 3 rings (SSSR count). The van der Waals surface area contributed by atoms with Crippen molar-refractivity contribution >= 4 is 46.4 Å². The average Bonchev–Trinajstić information content (AvgIpc) is 2.84. The number of rotatable bonds is 11. The van der Waals surface area contributed by atoms with Crippen molar-refractivity contribution < 1.29 is 14.4 Å². The molecule has 188 valence electrons. The Morgan fingerprint density at radius 3 is 2.31 bits per heavy atom. The van der Waals surface area contributed by atoms with E-state index in [1.165, 1.54) is 6.42 Å². The molecule has 0 atom stereocenters. The summed E-state index contributed by atoms with van der Waals surface area (Å²) < 4.78 is 0. The normalized spacial score (nSPS) is 13.7. The first kappa shape index (κ1) is 26.5. The van der Waals surface area contributed by atoms with E-state index in [1.54, 1.807) is 42.5 Å². The van der Waals surface area contributed by atoms with Gasteiger partial charge in [-0.1, -0.05) is 56.7 Å². The molecule has 0 saturated heterocycles. The molecule has 0 spiro atoms. The van der Waals surface area contributed by atoms with Crippen molar-refractivity contribution in [3.05, 3.63) is 53.1 Å². The summed E-state index contributed by atoms with van der Waals surface area (Å²) in [5, 5.41) is 12.2. The van der Waals surface area contributed by atoms with Crippen LogP contribution in [0.4, 0.5) is 17.1 Å². The number of hydrogen-bond donors (Lipinski definition) is 4. The van der Waals surface area contributed by atoms with E-state index in [2.05, 4.69) is 28.2 Å². The van der Waals surface area contributed by atoms with Crippen LogP contribution < -0.4 is 21.3 Å². The van der Waals surface area contributed by atoms with Crippen LogP contribution in [0.25, 0.3) is 0 Å². The van der Waals surface area contributed by atoms with Crippen LogP contribution in [-0.4, -0.2) is 30.3 Å². The van der Waals surface area contributed by atoms with Gasteiger partial charge in [0.2, 0.25) is 11.8 Å². The zero-order valence-corrected chi connectivity index (χ0v) is 21.0. The summed E-state index contributed by atoms with van der Waals surface area (Å²) in [6, 6.07) is 12.3. The number of anilines is 3. The number of amides is 3. The summed E-state index contributed by atoms with van der Waals surface area (Å²) in [6.07, 6.45) is 8.88. The van der Waals surface area contributed by atoms with Crippen molar-refractivity contribution in [1.29, 1.82) is 0 Å². The van der Waals surface area contributed by atoms with Gasteiger partial charge in [-0.25, -0.2) is 0 Å². The minimum Gasteiger partial charge on any atom is -0.376 e. The van der Waals surface area contributed by atoms with Crippen LogP contribution in [0.3, 0.4) is 0 Å². The summed E-state index contributed by atoms with van der Waals surface area (Å²) in [5.74, 6) is -0.474. The molecule has 35 heavy (non-hydrogen) atoms. The SMILES string of the molecule is CCCCCC(=O)Nc1cccc(NC(=O)CNc2ccc(Cl)c(C(=O)NC3CCCCC3)c2)c1. The second-order valence-corrected chi connectivity index (χ2v) is 9.40. The Morgan fingerprint density at radius 2 is 1.60 bits per heavy atom. The van der Waals surface area contributed by atoms with E-state index in [1.807, 2.05) is 0 Å². The average molecular weight is 499 g/mol. The van der Waals surface area contributed by atoms with E-state index < -0.39 is 0 Å². The first-order valence-corrected chi connectivity index (χ1v) is 12.9. The van der Waals surface area contributed by atoms with Gasteiger partial charge in [-0.3, -0.25) is 14.4 Å². The lowest BCUT2D eigenvalue weighted by Crippen LogP contribution is -2.36. The zero-order valence-electron chi connectivity index (χ0n) is 20.3. The molecule has 0 aromatic heterocycles. The molecule has 7 nitrogen and oxygen atoms in total. The van der Waals surface area contributed by atoms with Gasteiger partial charge in [-0.15, -0.1) is 0 Å². The Labute approximate surface area is 212 Å². The van der Waals surface area contributed by atoms with E-state index in [4.69, 9.17) is 11.6 Å². The number of unbranched alkanes of at least 4 members (excludes halogenated alkanes) is 2. The van der Waals surface area contributed by atoms with Gasteiger partial charge in [0, 0.05) is 29.5 Å². The molecular weight excluding hydrogens is 464 g/mol. The monoisotopic (exact) mass is 498 g/mol. The van der Waals surface area contributed by atoms with Crippen molar-refractivity contribution in [3.63, 3.8) is 0 Å². The quantitative estimate of drug-likeness (QED) is 0.287. The molecule has 0 bridgehead atoms. The molecule has 4 N–H and O–H groups in total. The van der Waals surface area contributed by atoms with Crippen LogP contribution in [0.2, 0.25) is 5.02 Å². The third kappa shape index (κ3) is 8.91. The lowest BCUT2D eigenvalue weighted by molar-refractivity contribution is -0.116. The van der Waals surface area contributed by atoms with Crippen LogP contribution in [0, 0.1) is 0 Å². The zero-order chi connectivity index (χ0) is 25.0. The molecule has 1 fully saturated rings. The number of halogens is 1. The highest BCUT2D eigenvalue weighted by atomic mass is 35.5. The van der Waals surface area contributed by atoms with Gasteiger partial charge in [0.05, 0.1) is 17.1 Å². The topological polar surface area (TPSA) is 99.3 Å². The highest BCUT2D eigenvalue weighted by Gasteiger charge is 2.18. The molecule has 0 heterocycles. The van der Waals surface area contributed by atoms with Crippen molar-refractivity contribution in [2.45, 2.75) is 70.8 Å². The lowest BCUT2D eigenvalue weighted by atomic mass is 9.95. The second kappa shape index (κ2) is 13.7. The fourth-order valence-corrected chi connectivity index (χ4v) is 4.34. The molecule has 1 aliphatic rings. The predicted octanol–water partition coefficient (Wildman–Crippen LogP) is 5.97. The van der Waals surface area contributed by atoms with Gasteiger partial charge in [0.1, 0.15) is 0 Å². The number of hydrogen-bond acceptors (Lipinski definition) is 4. The Bertz CT molecular complexity index is 1020. The first-order chi connectivity index (χ1) is 16.9. The number of carbonyl (C=O) groups excluding carboxylic acids is 3. The molecule has 0 aliphatic heterocycles. The van der Waals surface area contributed by atoms with E-state index >= 15 is 0 Å². The highest BCUT2D eigenvalue weighted by Crippen LogP contribution is 2.23. The first-order valence-electron chi connectivity index (χ1n) is 12.5. The van der Waals surface area contributed by atoms with Crippen LogP contribution >= 0.6 is 11.6 Å². The molecule has 3 amide bonds. The van der Waals surface area contributed by atoms with Crippen molar-refractivity contribution in [1.82, 2.24) is 5.32 Å². The molecule has 2 aromatic rings. The summed E-state index contributed by atoms with van der Waals surface area (Å²) >= 11 is 6.27. The Hall–Kier alpha value is -3.06. The summed E-state index contributed by atoms with van der Waals surface area (Å²) in [5.41, 5.74) is 2.26. The highest BCUT2D eigenvalue weighted by molar-refractivity contribution is 6.34. The van der Waals surface area contributed by atoms with E-state index in [9.17, 15) is 14.4 Å². The molecule has 8 heteroatoms. The van der Waals surface area contributed by atoms with E-state index in [-0.39, 0.29) is 30.3 Å². The third-order valence-corrected chi connectivity index (χ3v) is 6.37. The molecule has 0 radical (unpaired) electrons. The Morgan fingerprint density at radius 1 is 0.886 bits per heavy atom. The van der Waals surface area contributed by atoms with Gasteiger partial charge in [0.25, 0.3) is 5.91 Å². The van der Waals surface area contributed by atoms with E-state index in [0.29, 0.717) is 34.1 Å². The largest absolute Gasteiger partial charge is 0.376 e. The Balaban J connectivity index is 1.51. The van der Waals surface area contributed by atoms with Gasteiger partial charge in [-0.2, -0.15) is 0 Å². The molecule has 2 aromatic carbocycles. The van der Waals surface area contributed by atoms with Gasteiger partial charge in [-0.05, 0) is 55.7 Å². The summed E-state index contributed by atoms with van der Waals surface area (Å²) in [7, 11) is 0. The van der Waals surface area contributed by atoms with Crippen molar-refractivity contribution in [3.8, 4) is 0 Å². The maximum absolute atomic E-state index is 12.7. The number of nitrogens with one attached hydrogen (secondary N) is 4. The molecule has 0 unspecified atom stereocenters. The molecular formula is C27H35ClN4O3. The summed E-state index contributed by atoms with van der Waals surface area (Å²) in [6.45, 7) is 2.11. The summed E-state index contributed by atoms with van der Waals surface area (Å²) in [4.78, 5) is 37.2. The smallest absolute Gasteiger partial charge is 0.253 e. The number of carbonyl (C=O) groups is 3. The maximum Gasteiger partial charge on any atom is 0.253 e. The molecule has 1 aliphatic carbocycles. The van der Waals surface area contributed by atoms with Crippen LogP contribution in [0.1, 0.15) is 75.1 Å². The second-order valence-electron chi connectivity index (χ2n) is 8.99. The third-order valence-electron chi connectivity index (χ3n) is 6.04. The predicted molar refractivity (Wildman–Crippen MR) is 142 cm³/mol. The number of benzene rings is 2. The molecule has 1 saturated carbocycles. The van der Waals surface area contributed by atoms with Crippen molar-refractivity contribution in [2.75, 3.05) is 22.5 Å². The van der Waals surface area contributed by atoms with Gasteiger partial charge in [0.15, 0.2) is 0 Å². The fraction of sp³-hybridized carbons (Fsp3) is 0.444. The van der Waals surface area contributed by atoms with Gasteiger partial charge >= 0.3 is 0 Å². The minimum atomic E-state index is -0.250. The fourth-order valence-electron chi connectivity index (χ4n) is 4.14.